The summed E-state index contributed by atoms with van der Waals surface area (Å²) in [4.78, 5) is 28.3. The van der Waals surface area contributed by atoms with E-state index in [0.29, 0.717) is 34.7 Å². The first-order valence-corrected chi connectivity index (χ1v) is 8.79. The van der Waals surface area contributed by atoms with Gasteiger partial charge in [-0.2, -0.15) is 0 Å². The van der Waals surface area contributed by atoms with Crippen LogP contribution < -0.4 is 15.4 Å². The molecule has 0 spiro atoms. The van der Waals surface area contributed by atoms with Crippen molar-refractivity contribution >= 4 is 34.3 Å². The second-order valence-electron chi connectivity index (χ2n) is 6.41. The van der Waals surface area contributed by atoms with Gasteiger partial charge in [-0.15, -0.1) is 0 Å². The molecular formula is C20H22N4O5. The topological polar surface area (TPSA) is 115 Å². The van der Waals surface area contributed by atoms with Gasteiger partial charge in [-0.3, -0.25) is 4.79 Å². The molecule has 2 aromatic heterocycles. The fraction of sp³-hybridized carbons (Fsp3) is 0.250. The molecule has 1 aromatic carbocycles. The maximum atomic E-state index is 12.2. The van der Waals surface area contributed by atoms with Crippen molar-refractivity contribution in [1.82, 2.24) is 9.55 Å². The lowest BCUT2D eigenvalue weighted by Gasteiger charge is -2.09. The summed E-state index contributed by atoms with van der Waals surface area (Å²) in [7, 11) is 4.45. The van der Waals surface area contributed by atoms with E-state index >= 15 is 0 Å². The van der Waals surface area contributed by atoms with Crippen molar-refractivity contribution in [2.24, 2.45) is 7.05 Å². The molecule has 0 aliphatic heterocycles. The number of benzene rings is 1. The quantitative estimate of drug-likeness (QED) is 0.547. The summed E-state index contributed by atoms with van der Waals surface area (Å²) in [6, 6.07) is 6.87. The number of hydrogen-bond acceptors (Lipinski definition) is 7. The average Bonchev–Trinajstić information content (AvgIpc) is 2.97. The molecule has 0 bridgehead atoms. The van der Waals surface area contributed by atoms with Crippen molar-refractivity contribution in [3.05, 3.63) is 41.7 Å². The van der Waals surface area contributed by atoms with E-state index in [1.807, 2.05) is 0 Å². The van der Waals surface area contributed by atoms with Crippen molar-refractivity contribution in [3.63, 3.8) is 0 Å². The number of carbonyl (C=O) groups is 2. The Morgan fingerprint density at radius 2 is 2.00 bits per heavy atom. The molecule has 3 rings (SSSR count). The molecule has 3 aromatic rings. The number of phenols is 1. The lowest BCUT2D eigenvalue weighted by atomic mass is 10.2. The average molecular weight is 398 g/mol. The third-order valence-electron chi connectivity index (χ3n) is 4.45. The first-order chi connectivity index (χ1) is 13.8. The van der Waals surface area contributed by atoms with Crippen LogP contribution in [0.4, 0.5) is 11.4 Å². The highest BCUT2D eigenvalue weighted by molar-refractivity contribution is 6.10. The first kappa shape index (κ1) is 20.0. The van der Waals surface area contributed by atoms with Gasteiger partial charge in [-0.25, -0.2) is 9.78 Å². The summed E-state index contributed by atoms with van der Waals surface area (Å²) in [5.74, 6) is -0.423. The van der Waals surface area contributed by atoms with E-state index in [1.54, 1.807) is 42.1 Å². The van der Waals surface area contributed by atoms with E-state index < -0.39 is 5.97 Å². The summed E-state index contributed by atoms with van der Waals surface area (Å²) in [6.45, 7) is 1.82. The third kappa shape index (κ3) is 3.93. The van der Waals surface area contributed by atoms with E-state index in [0.717, 1.165) is 5.56 Å². The molecule has 0 unspecified atom stereocenters. The van der Waals surface area contributed by atoms with E-state index in [1.165, 1.54) is 21.1 Å². The van der Waals surface area contributed by atoms with Gasteiger partial charge in [0.2, 0.25) is 5.91 Å². The number of aromatic hydroxyl groups is 1. The number of aromatic nitrogens is 2. The van der Waals surface area contributed by atoms with Gasteiger partial charge in [0.1, 0.15) is 5.65 Å². The third-order valence-corrected chi connectivity index (χ3v) is 4.45. The first-order valence-electron chi connectivity index (χ1n) is 8.79. The summed E-state index contributed by atoms with van der Waals surface area (Å²) in [5, 5.41) is 16.3. The Morgan fingerprint density at radius 1 is 1.24 bits per heavy atom. The zero-order valence-corrected chi connectivity index (χ0v) is 16.6. The molecule has 29 heavy (non-hydrogen) atoms. The van der Waals surface area contributed by atoms with Crippen LogP contribution >= 0.6 is 0 Å². The van der Waals surface area contributed by atoms with Gasteiger partial charge in [-0.1, -0.05) is 6.07 Å². The lowest BCUT2D eigenvalue weighted by molar-refractivity contribution is -0.114. The van der Waals surface area contributed by atoms with Crippen LogP contribution in [-0.4, -0.2) is 40.8 Å². The van der Waals surface area contributed by atoms with Crippen LogP contribution in [-0.2, 0) is 23.1 Å². The second-order valence-corrected chi connectivity index (χ2v) is 6.41. The van der Waals surface area contributed by atoms with Crippen LogP contribution in [0.3, 0.4) is 0 Å². The number of fused-ring (bicyclic) bond motifs is 1. The molecular weight excluding hydrogens is 376 g/mol. The SMILES string of the molecule is COC(=O)c1c(NC(C)=O)c2cc(NCc3ccc(O)c(OC)c3)cnc2n1C. The van der Waals surface area contributed by atoms with Crippen LogP contribution in [0.1, 0.15) is 23.0 Å². The monoisotopic (exact) mass is 398 g/mol. The maximum Gasteiger partial charge on any atom is 0.356 e. The van der Waals surface area contributed by atoms with Crippen molar-refractivity contribution in [3.8, 4) is 11.5 Å². The van der Waals surface area contributed by atoms with Crippen molar-refractivity contribution in [2.75, 3.05) is 24.9 Å². The minimum Gasteiger partial charge on any atom is -0.504 e. The molecule has 152 valence electrons. The predicted octanol–water partition coefficient (Wildman–Crippen LogP) is 2.64. The zero-order valence-electron chi connectivity index (χ0n) is 16.6. The van der Waals surface area contributed by atoms with Gasteiger partial charge in [0.25, 0.3) is 0 Å². The predicted molar refractivity (Wildman–Crippen MR) is 108 cm³/mol. The highest BCUT2D eigenvalue weighted by atomic mass is 16.5. The fourth-order valence-electron chi connectivity index (χ4n) is 3.08. The lowest BCUT2D eigenvalue weighted by Crippen LogP contribution is -2.13. The zero-order chi connectivity index (χ0) is 21.1. The summed E-state index contributed by atoms with van der Waals surface area (Å²) >= 11 is 0. The highest BCUT2D eigenvalue weighted by Crippen LogP contribution is 2.32. The number of nitrogens with zero attached hydrogens (tertiary/aromatic N) is 2. The number of nitrogens with one attached hydrogen (secondary N) is 2. The molecule has 2 heterocycles. The van der Waals surface area contributed by atoms with Gasteiger partial charge < -0.3 is 29.8 Å². The standard InChI is InChI=1S/C20H22N4O5/c1-11(25)23-17-14-8-13(10-22-19(14)24(2)18(17)20(27)29-4)21-9-12-5-6-15(26)16(7-12)28-3/h5-8,10,21,26H,9H2,1-4H3,(H,23,25). The Morgan fingerprint density at radius 3 is 2.66 bits per heavy atom. The molecule has 3 N–H and O–H groups in total. The normalized spacial score (nSPS) is 10.6. The second kappa shape index (κ2) is 8.09. The number of phenolic OH excluding ortho intramolecular Hbond substituents is 1. The van der Waals surface area contributed by atoms with Crippen LogP contribution in [0, 0.1) is 0 Å². The molecule has 0 atom stereocenters. The van der Waals surface area contributed by atoms with Gasteiger partial charge >= 0.3 is 5.97 Å². The van der Waals surface area contributed by atoms with Gasteiger partial charge in [-0.05, 0) is 23.8 Å². The van der Waals surface area contributed by atoms with Crippen molar-refractivity contribution in [1.29, 1.82) is 0 Å². The van der Waals surface area contributed by atoms with Crippen LogP contribution in [0.2, 0.25) is 0 Å². The van der Waals surface area contributed by atoms with Crippen molar-refractivity contribution < 1.29 is 24.2 Å². The number of esters is 1. The van der Waals surface area contributed by atoms with E-state index in [-0.39, 0.29) is 17.4 Å². The van der Waals surface area contributed by atoms with E-state index in [4.69, 9.17) is 9.47 Å². The molecule has 9 nitrogen and oxygen atoms in total. The summed E-state index contributed by atoms with van der Waals surface area (Å²) in [6.07, 6.45) is 1.64. The number of methoxy groups -OCH3 is 2. The largest absolute Gasteiger partial charge is 0.504 e. The van der Waals surface area contributed by atoms with Gasteiger partial charge in [0, 0.05) is 25.9 Å². The molecule has 0 aliphatic rings. The Balaban J connectivity index is 1.96. The Hall–Kier alpha value is -3.75. The summed E-state index contributed by atoms with van der Waals surface area (Å²) < 4.78 is 11.6. The number of aryl methyl sites for hydroxylation is 1. The highest BCUT2D eigenvalue weighted by Gasteiger charge is 2.23. The molecule has 0 saturated heterocycles. The number of hydrogen-bond donors (Lipinski definition) is 3. The minimum absolute atomic E-state index is 0.0684. The Labute approximate surface area is 167 Å². The minimum atomic E-state index is -0.569. The fourth-order valence-corrected chi connectivity index (χ4v) is 3.08. The smallest absolute Gasteiger partial charge is 0.356 e. The molecule has 9 heteroatoms. The number of ether oxygens (including phenoxy) is 2. The van der Waals surface area contributed by atoms with Gasteiger partial charge in [0.15, 0.2) is 17.2 Å². The number of carbonyl (C=O) groups excluding carboxylic acids is 2. The summed E-state index contributed by atoms with van der Waals surface area (Å²) in [5.41, 5.74) is 2.68. The number of pyridine rings is 1. The number of amides is 1. The Kier molecular flexibility index (Phi) is 5.58. The van der Waals surface area contributed by atoms with Crippen molar-refractivity contribution in [2.45, 2.75) is 13.5 Å². The molecule has 0 aliphatic carbocycles. The molecule has 0 saturated carbocycles. The molecule has 0 radical (unpaired) electrons. The van der Waals surface area contributed by atoms with Gasteiger partial charge in [0.05, 0.1) is 31.8 Å². The molecule has 0 fully saturated rings. The van der Waals surface area contributed by atoms with Crippen LogP contribution in [0.15, 0.2) is 30.5 Å². The number of anilines is 2. The Bertz CT molecular complexity index is 1090. The van der Waals surface area contributed by atoms with E-state index in [9.17, 15) is 14.7 Å². The van der Waals surface area contributed by atoms with Crippen LogP contribution in [0.5, 0.6) is 11.5 Å². The van der Waals surface area contributed by atoms with Crippen LogP contribution in [0.25, 0.3) is 11.0 Å². The maximum absolute atomic E-state index is 12.2. The van der Waals surface area contributed by atoms with E-state index in [2.05, 4.69) is 15.6 Å². The molecule has 1 amide bonds. The number of rotatable bonds is 6.